The van der Waals surface area contributed by atoms with Gasteiger partial charge in [-0.3, -0.25) is 4.79 Å². The summed E-state index contributed by atoms with van der Waals surface area (Å²) in [5.74, 6) is -5.61. The molecule has 2 bridgehead atoms. The van der Waals surface area contributed by atoms with Crippen molar-refractivity contribution in [1.82, 2.24) is 10.3 Å². The van der Waals surface area contributed by atoms with E-state index in [1.54, 1.807) is 30.6 Å². The van der Waals surface area contributed by atoms with Crippen molar-refractivity contribution in [2.45, 2.75) is 105 Å². The number of hydrogen-bond acceptors (Lipinski definition) is 20. The van der Waals surface area contributed by atoms with Crippen molar-refractivity contribution in [2.75, 3.05) is 6.61 Å². The lowest BCUT2D eigenvalue weighted by molar-refractivity contribution is -0.354. The van der Waals surface area contributed by atoms with E-state index in [-0.39, 0.29) is 51.8 Å². The summed E-state index contributed by atoms with van der Waals surface area (Å²) in [5, 5.41) is 125. The molecule has 9 rings (SSSR count). The van der Waals surface area contributed by atoms with Crippen molar-refractivity contribution in [3.63, 3.8) is 0 Å². The molecule has 2 spiro atoms. The van der Waals surface area contributed by atoms with Gasteiger partial charge in [-0.05, 0) is 48.3 Å². The number of benzene rings is 2. The molecule has 2 saturated heterocycles. The molecule has 2 fully saturated rings. The van der Waals surface area contributed by atoms with Crippen LogP contribution < -0.4 is 21.2 Å². The molecular formula is C47H47N3O19. The van der Waals surface area contributed by atoms with Crippen LogP contribution in [0.15, 0.2) is 86.9 Å². The number of rotatable bonds is 8. The first-order valence-electron chi connectivity index (χ1n) is 21.7. The Balaban J connectivity index is 1.31. The standard InChI is InChI=1S/C47H47N3O19/c1-2-19-11-22(18-50-41(19)48)25-15-23(14-24-5-3-9-49-24)47(67-30-17-29-32(34(55)31(25)30)26(52)16-28(65-29)21-12-20(6-10-51)33(54)27(53)13-21)40(61)37(58)39(60)46(69-47)8-4-7-45(43(62)63)38(59)35(56)36(57)42(68-45)66-44(46)64/h3,5,9,11-13,15-18,25,35-42,49-51,53-61H,2,6,8,10,14,48H2,1H3,(H,62,63)/t25-,35+,36+,37-,38-,39-,40+,41?,42-,45-,46-,47-/m0/s1. The molecule has 5 aliphatic rings. The van der Waals surface area contributed by atoms with Crippen LogP contribution in [0.5, 0.6) is 23.0 Å². The van der Waals surface area contributed by atoms with Crippen molar-refractivity contribution < 1.29 is 89.1 Å². The molecule has 364 valence electrons. The number of phenols is 3. The number of nitrogens with one attached hydrogen (secondary N) is 2. The van der Waals surface area contributed by atoms with Gasteiger partial charge < -0.3 is 95.6 Å². The fraction of sp³-hybridized carbons (Fsp3) is 0.383. The van der Waals surface area contributed by atoms with Gasteiger partial charge >= 0.3 is 11.9 Å². The minimum absolute atomic E-state index is 0.0626. The van der Waals surface area contributed by atoms with Crippen molar-refractivity contribution in [2.24, 2.45) is 5.73 Å². The average molecular weight is 958 g/mol. The number of carbonyl (C=O) groups is 2. The van der Waals surface area contributed by atoms with Crippen molar-refractivity contribution in [1.29, 1.82) is 0 Å². The zero-order chi connectivity index (χ0) is 49.5. The van der Waals surface area contributed by atoms with Crippen molar-refractivity contribution in [3.8, 4) is 46.2 Å². The molecular weight excluding hydrogens is 911 g/mol. The normalized spacial score (nSPS) is 32.9. The number of hydrogen-bond donors (Lipinski definition) is 14. The second-order valence-corrected chi connectivity index (χ2v) is 17.3. The quantitative estimate of drug-likeness (QED) is 0.0434. The number of aliphatic carboxylic acids is 1. The highest BCUT2D eigenvalue weighted by atomic mass is 16.8. The third-order valence-corrected chi connectivity index (χ3v) is 13.2. The number of carboxylic acids is 1. The summed E-state index contributed by atoms with van der Waals surface area (Å²) in [5.41, 5.74) is 0.576. The van der Waals surface area contributed by atoms with E-state index in [0.29, 0.717) is 23.3 Å². The van der Waals surface area contributed by atoms with Crippen LogP contribution in [0.2, 0.25) is 0 Å². The van der Waals surface area contributed by atoms with Crippen LogP contribution in [0.3, 0.4) is 0 Å². The molecule has 22 heteroatoms. The molecule has 2 aromatic heterocycles. The molecule has 12 atom stereocenters. The van der Waals surface area contributed by atoms with E-state index < -0.39 is 125 Å². The number of carboxylic acid groups (broad SMARTS) is 1. The SMILES string of the molecule is CCC1=CC([C@@H]2C=C(Cc3ccc[nH]3)[C@]3(Oc4cc5oc(-c6cc(O)c(O)c(CCO)c6)cc(=O)c5c(O)c42)O[C@@]2(CC#C[C@]4(C(=O)O)O[C@H](OC2=O)[C@H](O)[C@@H](O)[C@@H]4O)[C@@H](O)[C@H](O)[C@H]3O)=CNC1N. The first-order valence-corrected chi connectivity index (χ1v) is 21.7. The molecule has 0 amide bonds. The molecule has 5 aliphatic heterocycles. The predicted octanol–water partition coefficient (Wildman–Crippen LogP) is -1.05. The van der Waals surface area contributed by atoms with E-state index in [4.69, 9.17) is 29.1 Å². The van der Waals surface area contributed by atoms with E-state index in [2.05, 4.69) is 22.1 Å². The maximum absolute atomic E-state index is 14.7. The number of esters is 1. The molecule has 69 heavy (non-hydrogen) atoms. The molecule has 15 N–H and O–H groups in total. The monoisotopic (exact) mass is 957 g/mol. The minimum Gasteiger partial charge on any atom is -0.507 e. The zero-order valence-electron chi connectivity index (χ0n) is 36.3. The van der Waals surface area contributed by atoms with Gasteiger partial charge in [0, 0.05) is 71.4 Å². The van der Waals surface area contributed by atoms with Crippen LogP contribution in [-0.4, -0.2) is 146 Å². The number of aromatic amines is 1. The first kappa shape index (κ1) is 47.3. The zero-order valence-corrected chi connectivity index (χ0v) is 36.3. The Morgan fingerprint density at radius 1 is 0.971 bits per heavy atom. The Hall–Kier alpha value is -6.75. The summed E-state index contributed by atoms with van der Waals surface area (Å²) in [7, 11) is 0. The largest absolute Gasteiger partial charge is 0.507 e. The van der Waals surface area contributed by atoms with Crippen LogP contribution >= 0.6 is 0 Å². The summed E-state index contributed by atoms with van der Waals surface area (Å²) >= 11 is 0. The number of aliphatic hydroxyl groups excluding tert-OH is 7. The van der Waals surface area contributed by atoms with E-state index in [0.717, 1.165) is 18.2 Å². The molecule has 0 radical (unpaired) electrons. The smallest absolute Gasteiger partial charge is 0.351 e. The Labute approximate surface area is 389 Å². The number of aliphatic hydroxyl groups is 7. The van der Waals surface area contributed by atoms with Gasteiger partial charge in [0.05, 0.1) is 12.6 Å². The maximum atomic E-state index is 14.7. The number of carbonyl (C=O) groups excluding carboxylic acids is 1. The molecule has 1 unspecified atom stereocenters. The number of aromatic hydroxyl groups is 3. The van der Waals surface area contributed by atoms with E-state index >= 15 is 0 Å². The van der Waals surface area contributed by atoms with Gasteiger partial charge in [0.15, 0.2) is 23.0 Å². The highest BCUT2D eigenvalue weighted by molar-refractivity contribution is 5.90. The lowest BCUT2D eigenvalue weighted by atomic mass is 9.77. The lowest BCUT2D eigenvalue weighted by Crippen LogP contribution is -2.75. The van der Waals surface area contributed by atoms with Gasteiger partial charge in [-0.25, -0.2) is 9.59 Å². The fourth-order valence-corrected chi connectivity index (χ4v) is 9.48. The molecule has 2 aromatic carbocycles. The number of fused-ring (bicyclic) bond motifs is 4. The van der Waals surface area contributed by atoms with Crippen LogP contribution in [0, 0.1) is 11.8 Å². The third kappa shape index (κ3) is 7.42. The summed E-state index contributed by atoms with van der Waals surface area (Å²) in [4.78, 5) is 44.6. The highest BCUT2D eigenvalue weighted by Crippen LogP contribution is 2.54. The number of allylic oxidation sites excluding steroid dienone is 3. The second kappa shape index (κ2) is 17.3. The van der Waals surface area contributed by atoms with E-state index in [9.17, 15) is 70.6 Å². The van der Waals surface area contributed by atoms with Gasteiger partial charge in [0.2, 0.25) is 11.9 Å². The minimum atomic E-state index is -3.02. The molecule has 7 heterocycles. The second-order valence-electron chi connectivity index (χ2n) is 17.3. The van der Waals surface area contributed by atoms with Gasteiger partial charge in [0.1, 0.15) is 58.7 Å². The highest BCUT2D eigenvalue weighted by Gasteiger charge is 2.69. The number of dihydropyridines is 1. The number of phenolic OH excluding ortho intramolecular Hbond substituents is 3. The first-order chi connectivity index (χ1) is 32.8. The Bertz CT molecular complexity index is 2970. The van der Waals surface area contributed by atoms with Crippen LogP contribution in [-0.2, 0) is 36.6 Å². The number of aromatic nitrogens is 1. The van der Waals surface area contributed by atoms with Crippen LogP contribution in [0.4, 0.5) is 0 Å². The van der Waals surface area contributed by atoms with E-state index in [1.807, 2.05) is 6.92 Å². The fourth-order valence-electron chi connectivity index (χ4n) is 9.48. The van der Waals surface area contributed by atoms with Gasteiger partial charge in [0.25, 0.3) is 11.4 Å². The molecule has 0 saturated carbocycles. The summed E-state index contributed by atoms with van der Waals surface area (Å²) in [6.45, 7) is 1.44. The van der Waals surface area contributed by atoms with Crippen LogP contribution in [0.1, 0.15) is 42.5 Å². The van der Waals surface area contributed by atoms with Gasteiger partial charge in [-0.2, -0.15) is 0 Å². The van der Waals surface area contributed by atoms with E-state index in [1.165, 1.54) is 12.1 Å². The number of H-pyrrole nitrogens is 1. The molecule has 22 nitrogen and oxygen atoms in total. The molecule has 4 aromatic rings. The number of ether oxygens (including phenoxy) is 4. The van der Waals surface area contributed by atoms with Crippen LogP contribution in [0.25, 0.3) is 22.3 Å². The maximum Gasteiger partial charge on any atom is 0.351 e. The van der Waals surface area contributed by atoms with Gasteiger partial charge in [-0.15, -0.1) is 0 Å². The van der Waals surface area contributed by atoms with Crippen molar-refractivity contribution in [3.05, 3.63) is 105 Å². The Kier molecular flexibility index (Phi) is 11.9. The summed E-state index contributed by atoms with van der Waals surface area (Å²) in [6, 6.07) is 7.92. The van der Waals surface area contributed by atoms with Crippen molar-refractivity contribution >= 4 is 22.9 Å². The Morgan fingerprint density at radius 3 is 2.43 bits per heavy atom. The topological polar surface area (TPSA) is 378 Å². The summed E-state index contributed by atoms with van der Waals surface area (Å²) < 4.78 is 30.4. The third-order valence-electron chi connectivity index (χ3n) is 13.2. The average Bonchev–Trinajstić information content (AvgIpc) is 3.81. The predicted molar refractivity (Wildman–Crippen MR) is 234 cm³/mol. The lowest BCUT2D eigenvalue weighted by Gasteiger charge is -2.53. The van der Waals surface area contributed by atoms with Gasteiger partial charge in [-0.1, -0.05) is 30.9 Å². The number of nitrogens with two attached hydrogens (primary N) is 1. The summed E-state index contributed by atoms with van der Waals surface area (Å²) in [6.07, 6.45) is -12.1. The Morgan fingerprint density at radius 2 is 1.74 bits per heavy atom. The molecule has 0 aliphatic carbocycles.